The number of halogens is 2. The number of carbonyl (C=O) groups excluding carboxylic acids is 1. The molecule has 142 valence electrons. The molecule has 1 N–H and O–H groups in total. The molecule has 3 atom stereocenters. The molecule has 2 aromatic rings. The van der Waals surface area contributed by atoms with Crippen molar-refractivity contribution in [1.82, 2.24) is 15.2 Å². The summed E-state index contributed by atoms with van der Waals surface area (Å²) in [5, 5.41) is 3.01. The highest BCUT2D eigenvalue weighted by atomic mass is 19.1. The molecule has 4 rings (SSSR count). The Morgan fingerprint density at radius 1 is 1.26 bits per heavy atom. The number of amides is 2. The molecule has 1 saturated heterocycles. The van der Waals surface area contributed by atoms with Crippen molar-refractivity contribution in [3.8, 4) is 5.88 Å². The molecule has 1 aliphatic carbocycles. The monoisotopic (exact) mass is 373 g/mol. The van der Waals surface area contributed by atoms with Gasteiger partial charge in [0.2, 0.25) is 0 Å². The molecule has 2 heterocycles. The van der Waals surface area contributed by atoms with Crippen LogP contribution in [0.1, 0.15) is 30.7 Å². The number of pyridine rings is 1. The maximum atomic E-state index is 13.7. The lowest BCUT2D eigenvalue weighted by Gasteiger charge is -2.32. The summed E-state index contributed by atoms with van der Waals surface area (Å²) in [4.78, 5) is 18.1. The molecule has 2 aliphatic rings. The van der Waals surface area contributed by atoms with E-state index in [4.69, 9.17) is 4.74 Å². The summed E-state index contributed by atoms with van der Waals surface area (Å²) in [5.41, 5.74) is 0.908. The SMILES string of the molecule is O=C(N[C@@H]1C[C@H]1c1cccc(F)c1)N1CCCC(Oc2ncccc2F)C1. The zero-order chi connectivity index (χ0) is 18.8. The second kappa shape index (κ2) is 7.50. The first-order valence-electron chi connectivity index (χ1n) is 9.18. The summed E-state index contributed by atoms with van der Waals surface area (Å²) in [6.45, 7) is 1.02. The van der Waals surface area contributed by atoms with Gasteiger partial charge in [0, 0.05) is 24.7 Å². The smallest absolute Gasteiger partial charge is 0.317 e. The number of nitrogens with zero attached hydrogens (tertiary/aromatic N) is 2. The van der Waals surface area contributed by atoms with Crippen LogP contribution in [0, 0.1) is 11.6 Å². The summed E-state index contributed by atoms with van der Waals surface area (Å²) in [7, 11) is 0. The number of aromatic nitrogens is 1. The molecule has 5 nitrogen and oxygen atoms in total. The van der Waals surface area contributed by atoms with Gasteiger partial charge in [0.1, 0.15) is 11.9 Å². The van der Waals surface area contributed by atoms with Crippen LogP contribution in [0.3, 0.4) is 0 Å². The first-order chi connectivity index (χ1) is 13.1. The quantitative estimate of drug-likeness (QED) is 0.893. The lowest BCUT2D eigenvalue weighted by Crippen LogP contribution is -2.49. The van der Waals surface area contributed by atoms with Gasteiger partial charge in [0.25, 0.3) is 5.88 Å². The normalized spacial score (nSPS) is 24.4. The predicted octanol–water partition coefficient (Wildman–Crippen LogP) is 3.47. The van der Waals surface area contributed by atoms with Gasteiger partial charge in [-0.15, -0.1) is 0 Å². The molecule has 0 radical (unpaired) electrons. The van der Waals surface area contributed by atoms with Gasteiger partial charge in [-0.25, -0.2) is 18.6 Å². The van der Waals surface area contributed by atoms with Crippen molar-refractivity contribution in [2.75, 3.05) is 13.1 Å². The Kier molecular flexibility index (Phi) is 4.92. The lowest BCUT2D eigenvalue weighted by molar-refractivity contribution is 0.0941. The largest absolute Gasteiger partial charge is 0.470 e. The van der Waals surface area contributed by atoms with Gasteiger partial charge in [-0.2, -0.15) is 0 Å². The van der Waals surface area contributed by atoms with Crippen molar-refractivity contribution in [2.24, 2.45) is 0 Å². The number of hydrogen-bond donors (Lipinski definition) is 1. The lowest BCUT2D eigenvalue weighted by atomic mass is 10.1. The van der Waals surface area contributed by atoms with Crippen LogP contribution in [0.2, 0.25) is 0 Å². The van der Waals surface area contributed by atoms with E-state index in [1.54, 1.807) is 11.0 Å². The van der Waals surface area contributed by atoms with Gasteiger partial charge in [-0.1, -0.05) is 12.1 Å². The third kappa shape index (κ3) is 4.18. The Hall–Kier alpha value is -2.70. The van der Waals surface area contributed by atoms with Crippen LogP contribution >= 0.6 is 0 Å². The molecule has 1 unspecified atom stereocenters. The summed E-state index contributed by atoms with van der Waals surface area (Å²) in [6, 6.07) is 9.17. The molecule has 1 aromatic heterocycles. The number of carbonyl (C=O) groups is 1. The highest BCUT2D eigenvalue weighted by molar-refractivity contribution is 5.75. The van der Waals surface area contributed by atoms with E-state index < -0.39 is 5.82 Å². The van der Waals surface area contributed by atoms with Crippen LogP contribution in [0.15, 0.2) is 42.6 Å². The second-order valence-electron chi connectivity index (χ2n) is 7.07. The Bertz CT molecular complexity index is 832. The highest BCUT2D eigenvalue weighted by Crippen LogP contribution is 2.41. The summed E-state index contributed by atoms with van der Waals surface area (Å²) >= 11 is 0. The molecular formula is C20H21F2N3O2. The van der Waals surface area contributed by atoms with Crippen molar-refractivity contribution in [2.45, 2.75) is 37.3 Å². The maximum absolute atomic E-state index is 13.7. The number of rotatable bonds is 4. The number of hydrogen-bond acceptors (Lipinski definition) is 3. The van der Waals surface area contributed by atoms with Crippen LogP contribution in [0.4, 0.5) is 13.6 Å². The Morgan fingerprint density at radius 2 is 2.15 bits per heavy atom. The fraction of sp³-hybridized carbons (Fsp3) is 0.400. The maximum Gasteiger partial charge on any atom is 0.317 e. The van der Waals surface area contributed by atoms with Crippen LogP contribution < -0.4 is 10.1 Å². The van der Waals surface area contributed by atoms with Crippen LogP contribution in [0.5, 0.6) is 5.88 Å². The van der Waals surface area contributed by atoms with Gasteiger partial charge in [-0.3, -0.25) is 0 Å². The van der Waals surface area contributed by atoms with Crippen molar-refractivity contribution in [3.63, 3.8) is 0 Å². The fourth-order valence-electron chi connectivity index (χ4n) is 3.54. The molecule has 1 aliphatic heterocycles. The summed E-state index contributed by atoms with van der Waals surface area (Å²) in [5.74, 6) is -0.639. The van der Waals surface area contributed by atoms with Crippen LogP contribution in [-0.2, 0) is 0 Å². The van der Waals surface area contributed by atoms with E-state index in [0.29, 0.717) is 13.1 Å². The van der Waals surface area contributed by atoms with Crippen molar-refractivity contribution < 1.29 is 18.3 Å². The average Bonchev–Trinajstić information content (AvgIpc) is 3.43. The van der Waals surface area contributed by atoms with Crippen LogP contribution in [0.25, 0.3) is 0 Å². The Balaban J connectivity index is 1.31. The second-order valence-corrected chi connectivity index (χ2v) is 7.07. The van der Waals surface area contributed by atoms with Gasteiger partial charge < -0.3 is 15.0 Å². The van der Waals surface area contributed by atoms with E-state index in [1.165, 1.54) is 30.5 Å². The first-order valence-corrected chi connectivity index (χ1v) is 9.18. The number of urea groups is 1. The predicted molar refractivity (Wildman–Crippen MR) is 95.5 cm³/mol. The summed E-state index contributed by atoms with van der Waals surface area (Å²) < 4.78 is 32.7. The average molecular weight is 373 g/mol. The van der Waals surface area contributed by atoms with E-state index in [2.05, 4.69) is 10.3 Å². The topological polar surface area (TPSA) is 54.5 Å². The first kappa shape index (κ1) is 17.7. The minimum atomic E-state index is -0.505. The van der Waals surface area contributed by atoms with E-state index >= 15 is 0 Å². The molecule has 0 bridgehead atoms. The molecule has 2 amide bonds. The molecule has 2 fully saturated rings. The number of benzene rings is 1. The zero-order valence-corrected chi connectivity index (χ0v) is 14.8. The molecule has 0 spiro atoms. The summed E-state index contributed by atoms with van der Waals surface area (Å²) in [6.07, 6.45) is 3.53. The van der Waals surface area contributed by atoms with Crippen LogP contribution in [-0.4, -0.2) is 41.2 Å². The number of likely N-dealkylation sites (tertiary alicyclic amines) is 1. The number of ether oxygens (including phenoxy) is 1. The third-order valence-electron chi connectivity index (χ3n) is 5.04. The van der Waals surface area contributed by atoms with Gasteiger partial charge >= 0.3 is 6.03 Å². The van der Waals surface area contributed by atoms with Crippen molar-refractivity contribution in [1.29, 1.82) is 0 Å². The number of piperidine rings is 1. The minimum absolute atomic E-state index is 0.0221. The van der Waals surface area contributed by atoms with E-state index in [-0.39, 0.29) is 35.8 Å². The Morgan fingerprint density at radius 3 is 2.96 bits per heavy atom. The van der Waals surface area contributed by atoms with Gasteiger partial charge in [0.15, 0.2) is 5.82 Å². The Labute approximate surface area is 156 Å². The minimum Gasteiger partial charge on any atom is -0.470 e. The number of nitrogens with one attached hydrogen (secondary N) is 1. The molecule has 1 aromatic carbocycles. The van der Waals surface area contributed by atoms with Gasteiger partial charge in [0.05, 0.1) is 6.54 Å². The molecular weight excluding hydrogens is 352 g/mol. The molecule has 7 heteroatoms. The van der Waals surface area contributed by atoms with Crippen molar-refractivity contribution >= 4 is 6.03 Å². The van der Waals surface area contributed by atoms with E-state index in [9.17, 15) is 13.6 Å². The fourth-order valence-corrected chi connectivity index (χ4v) is 3.54. The molecule has 1 saturated carbocycles. The van der Waals surface area contributed by atoms with Gasteiger partial charge in [-0.05, 0) is 49.1 Å². The molecule has 27 heavy (non-hydrogen) atoms. The van der Waals surface area contributed by atoms with Crippen molar-refractivity contribution in [3.05, 3.63) is 59.8 Å². The standard InChI is InChI=1S/C20H21F2N3O2/c21-14-5-1-4-13(10-14)16-11-18(16)24-20(26)25-9-3-6-15(12-25)27-19-17(22)7-2-8-23-19/h1-2,4-5,7-8,10,15-16,18H,3,6,9,11-12H2,(H,24,26)/t15?,16-,18+/m0/s1. The van der Waals surface area contributed by atoms with E-state index in [0.717, 1.165) is 24.8 Å². The zero-order valence-electron chi connectivity index (χ0n) is 14.8. The third-order valence-corrected chi connectivity index (χ3v) is 5.04. The van der Waals surface area contributed by atoms with E-state index in [1.807, 2.05) is 6.07 Å². The highest BCUT2D eigenvalue weighted by Gasteiger charge is 2.40.